The minimum Gasteiger partial charge on any atom is -0.337 e. The van der Waals surface area contributed by atoms with Crippen LogP contribution in [0.1, 0.15) is 0 Å². The average molecular weight is 326 g/mol. The number of benzene rings is 3. The molecule has 1 aliphatic heterocycles. The number of nitrogens with one attached hydrogen (secondary N) is 1. The Morgan fingerprint density at radius 3 is 2.08 bits per heavy atom. The Morgan fingerprint density at radius 1 is 0.667 bits per heavy atom. The van der Waals surface area contributed by atoms with Crippen LogP contribution >= 0.6 is 11.8 Å². The van der Waals surface area contributed by atoms with Crippen molar-refractivity contribution >= 4 is 11.8 Å². The molecule has 3 aromatic carbocycles. The van der Waals surface area contributed by atoms with Gasteiger partial charge in [0.2, 0.25) is 0 Å². The molecule has 1 aliphatic rings. The van der Waals surface area contributed by atoms with Gasteiger partial charge in [-0.1, -0.05) is 78.5 Å². The lowest BCUT2D eigenvalue weighted by molar-refractivity contribution is 1.29. The molecule has 2 heterocycles. The minimum atomic E-state index is 0.914. The molecule has 4 aromatic rings. The molecular weight excluding hydrogens is 312 g/mol. The molecule has 5 rings (SSSR count). The predicted molar refractivity (Wildman–Crippen MR) is 99.0 cm³/mol. The van der Waals surface area contributed by atoms with E-state index >= 15 is 0 Å². The number of nitrogens with zero attached hydrogens (tertiary/aromatic N) is 1. The summed E-state index contributed by atoms with van der Waals surface area (Å²) in [5, 5.41) is 0. The number of H-pyrrole nitrogens is 1. The summed E-state index contributed by atoms with van der Waals surface area (Å²) in [6.07, 6.45) is 0. The zero-order valence-corrected chi connectivity index (χ0v) is 13.7. The quantitative estimate of drug-likeness (QED) is 0.417. The Morgan fingerprint density at radius 2 is 1.29 bits per heavy atom. The van der Waals surface area contributed by atoms with Gasteiger partial charge in [0.25, 0.3) is 0 Å². The van der Waals surface area contributed by atoms with E-state index in [2.05, 4.69) is 65.6 Å². The first-order valence-electron chi connectivity index (χ1n) is 7.92. The van der Waals surface area contributed by atoms with Gasteiger partial charge in [-0.05, 0) is 12.1 Å². The molecule has 0 amide bonds. The van der Waals surface area contributed by atoms with Crippen LogP contribution in [0.5, 0.6) is 0 Å². The van der Waals surface area contributed by atoms with E-state index < -0.39 is 0 Å². The molecule has 2 nitrogen and oxygen atoms in total. The van der Waals surface area contributed by atoms with E-state index in [1.807, 2.05) is 18.2 Å². The standard InChI is InChI=1S/C21H14N2S/c1-2-8-14(9-3-1)21-22-19-15-10-4-6-12-17(15)24-18-13-7-5-11-16(18)20(19)23-21/h1-13H,(H,22,23). The number of aromatic nitrogens is 2. The minimum absolute atomic E-state index is 0.914. The number of hydrogen-bond acceptors (Lipinski definition) is 2. The average Bonchev–Trinajstić information content (AvgIpc) is 3.03. The molecule has 0 bridgehead atoms. The summed E-state index contributed by atoms with van der Waals surface area (Å²) in [6.45, 7) is 0. The molecule has 0 saturated carbocycles. The molecule has 0 saturated heterocycles. The van der Waals surface area contributed by atoms with Crippen LogP contribution in [0.25, 0.3) is 33.9 Å². The summed E-state index contributed by atoms with van der Waals surface area (Å²) < 4.78 is 0. The first kappa shape index (κ1) is 13.6. The van der Waals surface area contributed by atoms with Crippen molar-refractivity contribution in [3.8, 4) is 33.9 Å². The summed E-state index contributed by atoms with van der Waals surface area (Å²) in [6, 6.07) is 27.3. The molecule has 0 atom stereocenters. The Hall–Kier alpha value is -2.78. The molecule has 1 aromatic heterocycles. The van der Waals surface area contributed by atoms with Gasteiger partial charge >= 0.3 is 0 Å². The van der Waals surface area contributed by atoms with Crippen molar-refractivity contribution in [3.63, 3.8) is 0 Å². The van der Waals surface area contributed by atoms with E-state index in [4.69, 9.17) is 4.98 Å². The highest BCUT2D eigenvalue weighted by Gasteiger charge is 2.23. The summed E-state index contributed by atoms with van der Waals surface area (Å²) in [5.41, 5.74) is 5.63. The smallest absolute Gasteiger partial charge is 0.138 e. The van der Waals surface area contributed by atoms with Gasteiger partial charge in [0.15, 0.2) is 0 Å². The molecule has 0 spiro atoms. The molecule has 114 valence electrons. The second-order valence-electron chi connectivity index (χ2n) is 5.77. The van der Waals surface area contributed by atoms with Crippen molar-refractivity contribution < 1.29 is 0 Å². The lowest BCUT2D eigenvalue weighted by atomic mass is 10.1. The SMILES string of the molecule is c1ccc(-c2nc3c([nH]2)-c2ccccc2Sc2ccccc2-3)cc1. The van der Waals surface area contributed by atoms with Crippen molar-refractivity contribution in [2.24, 2.45) is 0 Å². The van der Waals surface area contributed by atoms with Crippen LogP contribution in [-0.4, -0.2) is 9.97 Å². The van der Waals surface area contributed by atoms with Gasteiger partial charge in [-0.25, -0.2) is 4.98 Å². The number of fused-ring (bicyclic) bond motifs is 5. The third kappa shape index (κ3) is 2.09. The number of aromatic amines is 1. The number of hydrogen-bond donors (Lipinski definition) is 1. The summed E-state index contributed by atoms with van der Waals surface area (Å²) in [7, 11) is 0. The molecule has 0 fully saturated rings. The van der Waals surface area contributed by atoms with Crippen LogP contribution in [0.3, 0.4) is 0 Å². The van der Waals surface area contributed by atoms with E-state index in [-0.39, 0.29) is 0 Å². The largest absolute Gasteiger partial charge is 0.337 e. The van der Waals surface area contributed by atoms with Gasteiger partial charge in [-0.15, -0.1) is 0 Å². The summed E-state index contributed by atoms with van der Waals surface area (Å²) in [5.74, 6) is 0.914. The topological polar surface area (TPSA) is 28.7 Å². The first-order chi connectivity index (χ1) is 11.9. The van der Waals surface area contributed by atoms with Gasteiger partial charge in [0.05, 0.1) is 11.4 Å². The highest BCUT2D eigenvalue weighted by Crippen LogP contribution is 2.47. The fraction of sp³-hybridized carbons (Fsp3) is 0. The summed E-state index contributed by atoms with van der Waals surface area (Å²) >= 11 is 1.81. The normalized spacial score (nSPS) is 12.0. The Labute approximate surface area is 144 Å². The van der Waals surface area contributed by atoms with Crippen molar-refractivity contribution in [2.75, 3.05) is 0 Å². The van der Waals surface area contributed by atoms with Crippen molar-refractivity contribution in [1.29, 1.82) is 0 Å². The van der Waals surface area contributed by atoms with Crippen LogP contribution in [0.4, 0.5) is 0 Å². The fourth-order valence-corrected chi connectivity index (χ4v) is 4.21. The van der Waals surface area contributed by atoms with Crippen LogP contribution in [-0.2, 0) is 0 Å². The van der Waals surface area contributed by atoms with Crippen LogP contribution in [0, 0.1) is 0 Å². The maximum Gasteiger partial charge on any atom is 0.138 e. The van der Waals surface area contributed by atoms with E-state index in [1.54, 1.807) is 11.8 Å². The third-order valence-corrected chi connectivity index (χ3v) is 5.42. The summed E-state index contributed by atoms with van der Waals surface area (Å²) in [4.78, 5) is 11.0. The lowest BCUT2D eigenvalue weighted by Gasteiger charge is -2.05. The number of rotatable bonds is 1. The Bertz CT molecular complexity index is 972. The fourth-order valence-electron chi connectivity index (χ4n) is 3.13. The van der Waals surface area contributed by atoms with Gasteiger partial charge in [-0.2, -0.15) is 0 Å². The highest BCUT2D eigenvalue weighted by molar-refractivity contribution is 7.99. The first-order valence-corrected chi connectivity index (χ1v) is 8.74. The predicted octanol–water partition coefficient (Wildman–Crippen LogP) is 5.88. The highest BCUT2D eigenvalue weighted by atomic mass is 32.2. The van der Waals surface area contributed by atoms with Crippen LogP contribution in [0.15, 0.2) is 88.7 Å². The van der Waals surface area contributed by atoms with Crippen LogP contribution in [0.2, 0.25) is 0 Å². The lowest BCUT2D eigenvalue weighted by Crippen LogP contribution is -1.82. The van der Waals surface area contributed by atoms with E-state index in [1.165, 1.54) is 20.9 Å². The zero-order chi connectivity index (χ0) is 15.9. The van der Waals surface area contributed by atoms with Crippen molar-refractivity contribution in [3.05, 3.63) is 78.9 Å². The third-order valence-electron chi connectivity index (χ3n) is 4.27. The molecule has 0 unspecified atom stereocenters. The second kappa shape index (κ2) is 5.39. The van der Waals surface area contributed by atoms with Crippen LogP contribution < -0.4 is 0 Å². The second-order valence-corrected chi connectivity index (χ2v) is 6.85. The molecular formula is C21H14N2S. The van der Waals surface area contributed by atoms with E-state index in [0.717, 1.165) is 22.8 Å². The van der Waals surface area contributed by atoms with Gasteiger partial charge in [0.1, 0.15) is 5.82 Å². The monoisotopic (exact) mass is 326 g/mol. The Balaban J connectivity index is 1.82. The van der Waals surface area contributed by atoms with Gasteiger partial charge < -0.3 is 4.98 Å². The molecule has 1 N–H and O–H groups in total. The van der Waals surface area contributed by atoms with Gasteiger partial charge in [-0.3, -0.25) is 0 Å². The molecule has 0 aliphatic carbocycles. The Kier molecular flexibility index (Phi) is 3.06. The maximum atomic E-state index is 4.95. The molecule has 0 radical (unpaired) electrons. The molecule has 24 heavy (non-hydrogen) atoms. The van der Waals surface area contributed by atoms with Crippen molar-refractivity contribution in [2.45, 2.75) is 9.79 Å². The van der Waals surface area contributed by atoms with E-state index in [0.29, 0.717) is 0 Å². The van der Waals surface area contributed by atoms with Crippen molar-refractivity contribution in [1.82, 2.24) is 9.97 Å². The van der Waals surface area contributed by atoms with E-state index in [9.17, 15) is 0 Å². The number of imidazole rings is 1. The zero-order valence-electron chi connectivity index (χ0n) is 12.9. The maximum absolute atomic E-state index is 4.95. The molecule has 3 heteroatoms. The van der Waals surface area contributed by atoms with Gasteiger partial charge in [0, 0.05) is 26.5 Å².